The summed E-state index contributed by atoms with van der Waals surface area (Å²) in [6.45, 7) is 2.59. The Labute approximate surface area is 131 Å². The van der Waals surface area contributed by atoms with Crippen LogP contribution in [-0.2, 0) is 16.4 Å². The second-order valence-corrected chi connectivity index (χ2v) is 7.46. The Morgan fingerprint density at radius 2 is 2.05 bits per heavy atom. The standard InChI is InChI=1S/C14H22ClNO4S/c1-4-21(17,18)7-5-6-20-14-12(15)8-11(10-16-2)9-13(14)19-3/h8-9,16H,4-7,10H2,1-3H3. The number of sulfone groups is 1. The lowest BCUT2D eigenvalue weighted by Crippen LogP contribution is -2.12. The lowest BCUT2D eigenvalue weighted by molar-refractivity contribution is 0.294. The third kappa shape index (κ3) is 5.73. The van der Waals surface area contributed by atoms with Crippen LogP contribution in [0.15, 0.2) is 12.1 Å². The molecule has 0 spiro atoms. The molecule has 1 rings (SSSR count). The maximum atomic E-state index is 11.4. The van der Waals surface area contributed by atoms with Gasteiger partial charge in [0, 0.05) is 12.3 Å². The van der Waals surface area contributed by atoms with Crippen molar-refractivity contribution in [2.75, 3.05) is 32.3 Å². The highest BCUT2D eigenvalue weighted by atomic mass is 35.5. The minimum atomic E-state index is -2.97. The molecule has 0 aliphatic heterocycles. The van der Waals surface area contributed by atoms with Gasteiger partial charge in [0.1, 0.15) is 9.84 Å². The molecule has 0 unspecified atom stereocenters. The van der Waals surface area contributed by atoms with E-state index in [1.54, 1.807) is 20.1 Å². The second kappa shape index (κ2) is 8.46. The number of ether oxygens (including phenoxy) is 2. The molecule has 1 N–H and O–H groups in total. The van der Waals surface area contributed by atoms with E-state index < -0.39 is 9.84 Å². The van der Waals surface area contributed by atoms with E-state index in [-0.39, 0.29) is 18.1 Å². The van der Waals surface area contributed by atoms with E-state index in [4.69, 9.17) is 21.1 Å². The fraction of sp³-hybridized carbons (Fsp3) is 0.571. The van der Waals surface area contributed by atoms with Gasteiger partial charge in [0.25, 0.3) is 0 Å². The molecule has 0 fully saturated rings. The monoisotopic (exact) mass is 335 g/mol. The average molecular weight is 336 g/mol. The van der Waals surface area contributed by atoms with Crippen molar-refractivity contribution >= 4 is 21.4 Å². The minimum absolute atomic E-state index is 0.112. The summed E-state index contributed by atoms with van der Waals surface area (Å²) in [6.07, 6.45) is 0.425. The first-order valence-corrected chi connectivity index (χ1v) is 8.97. The van der Waals surface area contributed by atoms with Crippen LogP contribution in [0.25, 0.3) is 0 Å². The molecule has 0 aliphatic rings. The van der Waals surface area contributed by atoms with E-state index in [1.807, 2.05) is 13.1 Å². The molecule has 0 aliphatic carbocycles. The summed E-state index contributed by atoms with van der Waals surface area (Å²) in [5.41, 5.74) is 0.986. The van der Waals surface area contributed by atoms with E-state index in [2.05, 4.69) is 5.32 Å². The maximum Gasteiger partial charge on any atom is 0.179 e. The van der Waals surface area contributed by atoms with Crippen LogP contribution in [-0.4, -0.2) is 40.7 Å². The van der Waals surface area contributed by atoms with Gasteiger partial charge >= 0.3 is 0 Å². The minimum Gasteiger partial charge on any atom is -0.493 e. The number of nitrogens with one attached hydrogen (secondary N) is 1. The van der Waals surface area contributed by atoms with E-state index >= 15 is 0 Å². The Morgan fingerprint density at radius 3 is 2.62 bits per heavy atom. The normalized spacial score (nSPS) is 11.4. The van der Waals surface area contributed by atoms with Gasteiger partial charge in [-0.3, -0.25) is 0 Å². The molecule has 5 nitrogen and oxygen atoms in total. The van der Waals surface area contributed by atoms with Gasteiger partial charge in [0.2, 0.25) is 0 Å². The molecule has 7 heteroatoms. The third-order valence-electron chi connectivity index (χ3n) is 2.96. The molecular formula is C14H22ClNO4S. The summed E-state index contributed by atoms with van der Waals surface area (Å²) in [5, 5.41) is 3.49. The SMILES string of the molecule is CCS(=O)(=O)CCCOc1c(Cl)cc(CNC)cc1OC. The largest absolute Gasteiger partial charge is 0.493 e. The summed E-state index contributed by atoms with van der Waals surface area (Å²) >= 11 is 6.19. The quantitative estimate of drug-likeness (QED) is 0.701. The number of halogens is 1. The molecule has 0 saturated carbocycles. The van der Waals surface area contributed by atoms with Crippen LogP contribution < -0.4 is 14.8 Å². The van der Waals surface area contributed by atoms with E-state index in [0.29, 0.717) is 29.5 Å². The molecule has 0 saturated heterocycles. The summed E-state index contributed by atoms with van der Waals surface area (Å²) in [4.78, 5) is 0. The Morgan fingerprint density at radius 1 is 1.33 bits per heavy atom. The molecule has 0 aromatic heterocycles. The highest BCUT2D eigenvalue weighted by molar-refractivity contribution is 7.91. The molecule has 0 bridgehead atoms. The predicted molar refractivity (Wildman–Crippen MR) is 85.2 cm³/mol. The van der Waals surface area contributed by atoms with Crippen LogP contribution in [0.3, 0.4) is 0 Å². The van der Waals surface area contributed by atoms with Crippen LogP contribution in [0.1, 0.15) is 18.9 Å². The molecule has 0 heterocycles. The van der Waals surface area contributed by atoms with Gasteiger partial charge in [-0.05, 0) is 31.2 Å². The smallest absolute Gasteiger partial charge is 0.179 e. The Bertz CT molecular complexity index is 560. The third-order valence-corrected chi connectivity index (χ3v) is 5.03. The second-order valence-electron chi connectivity index (χ2n) is 4.58. The van der Waals surface area contributed by atoms with Crippen molar-refractivity contribution < 1.29 is 17.9 Å². The van der Waals surface area contributed by atoms with E-state index in [0.717, 1.165) is 5.56 Å². The molecule has 0 amide bonds. The van der Waals surface area contributed by atoms with Crippen molar-refractivity contribution in [1.29, 1.82) is 0 Å². The van der Waals surface area contributed by atoms with Gasteiger partial charge in [-0.25, -0.2) is 8.42 Å². The average Bonchev–Trinajstić information content (AvgIpc) is 2.45. The van der Waals surface area contributed by atoms with Crippen molar-refractivity contribution in [2.45, 2.75) is 19.9 Å². The Balaban J connectivity index is 2.70. The van der Waals surface area contributed by atoms with Gasteiger partial charge in [0.15, 0.2) is 11.5 Å². The molecule has 21 heavy (non-hydrogen) atoms. The van der Waals surface area contributed by atoms with Gasteiger partial charge < -0.3 is 14.8 Å². The number of hydrogen-bond donors (Lipinski definition) is 1. The van der Waals surface area contributed by atoms with E-state index in [1.165, 1.54) is 0 Å². The van der Waals surface area contributed by atoms with Crippen LogP contribution in [0.5, 0.6) is 11.5 Å². The van der Waals surface area contributed by atoms with Crippen molar-refractivity contribution in [3.8, 4) is 11.5 Å². The molecular weight excluding hydrogens is 314 g/mol. The van der Waals surface area contributed by atoms with Crippen LogP contribution in [0.2, 0.25) is 5.02 Å². The molecule has 0 atom stereocenters. The number of rotatable bonds is 9. The summed E-state index contributed by atoms with van der Waals surface area (Å²) in [7, 11) is 0.425. The molecule has 1 aromatic rings. The van der Waals surface area contributed by atoms with Crippen LogP contribution in [0, 0.1) is 0 Å². The van der Waals surface area contributed by atoms with Crippen LogP contribution in [0.4, 0.5) is 0 Å². The van der Waals surface area contributed by atoms with Gasteiger partial charge in [0.05, 0.1) is 24.5 Å². The Kier molecular flexibility index (Phi) is 7.28. The fourth-order valence-corrected chi connectivity index (χ4v) is 2.95. The zero-order chi connectivity index (χ0) is 15.9. The highest BCUT2D eigenvalue weighted by Gasteiger charge is 2.13. The van der Waals surface area contributed by atoms with Crippen molar-refractivity contribution in [3.63, 3.8) is 0 Å². The van der Waals surface area contributed by atoms with Gasteiger partial charge in [-0.15, -0.1) is 0 Å². The predicted octanol–water partition coefficient (Wildman–Crippen LogP) is 2.27. The summed E-state index contributed by atoms with van der Waals surface area (Å²) in [5.74, 6) is 1.26. The van der Waals surface area contributed by atoms with Gasteiger partial charge in [-0.1, -0.05) is 18.5 Å². The first-order valence-electron chi connectivity index (χ1n) is 6.77. The first-order chi connectivity index (χ1) is 9.93. The first kappa shape index (κ1) is 18.1. The van der Waals surface area contributed by atoms with Crippen molar-refractivity contribution in [2.24, 2.45) is 0 Å². The van der Waals surface area contributed by atoms with Crippen molar-refractivity contribution in [1.82, 2.24) is 5.32 Å². The molecule has 0 radical (unpaired) electrons. The maximum absolute atomic E-state index is 11.4. The zero-order valence-electron chi connectivity index (χ0n) is 12.6. The number of benzene rings is 1. The number of methoxy groups -OCH3 is 1. The molecule has 120 valence electrons. The lowest BCUT2D eigenvalue weighted by Gasteiger charge is -2.14. The number of hydrogen-bond acceptors (Lipinski definition) is 5. The summed E-state index contributed by atoms with van der Waals surface area (Å²) in [6, 6.07) is 3.65. The summed E-state index contributed by atoms with van der Waals surface area (Å²) < 4.78 is 33.7. The van der Waals surface area contributed by atoms with E-state index in [9.17, 15) is 8.42 Å². The highest BCUT2D eigenvalue weighted by Crippen LogP contribution is 2.36. The molecule has 1 aromatic carbocycles. The topological polar surface area (TPSA) is 64.6 Å². The zero-order valence-corrected chi connectivity index (χ0v) is 14.2. The van der Waals surface area contributed by atoms with Crippen LogP contribution >= 0.6 is 11.6 Å². The lowest BCUT2D eigenvalue weighted by atomic mass is 10.2. The van der Waals surface area contributed by atoms with Gasteiger partial charge in [-0.2, -0.15) is 0 Å². The fourth-order valence-electron chi connectivity index (χ4n) is 1.82. The Hall–Kier alpha value is -0.980. The van der Waals surface area contributed by atoms with Crippen molar-refractivity contribution in [3.05, 3.63) is 22.7 Å².